The summed E-state index contributed by atoms with van der Waals surface area (Å²) in [5, 5.41) is 9.38. The Bertz CT molecular complexity index is 588. The van der Waals surface area contributed by atoms with Crippen LogP contribution in [0.1, 0.15) is 17.9 Å². The Kier molecular flexibility index (Phi) is 3.73. The molecular weight excluding hydrogens is 267 g/mol. The molecule has 3 nitrogen and oxygen atoms in total. The second-order valence-corrected chi connectivity index (χ2v) is 4.65. The van der Waals surface area contributed by atoms with Crippen molar-refractivity contribution in [2.24, 2.45) is 5.73 Å². The van der Waals surface area contributed by atoms with E-state index in [0.717, 1.165) is 12.0 Å². The van der Waals surface area contributed by atoms with Gasteiger partial charge in [-0.2, -0.15) is 0 Å². The molecule has 1 aromatic carbocycles. The van der Waals surface area contributed by atoms with Crippen LogP contribution >= 0.6 is 12.4 Å². The van der Waals surface area contributed by atoms with Crippen LogP contribution < -0.4 is 5.73 Å². The molecule has 0 saturated heterocycles. The monoisotopic (exact) mass is 280 g/mol. The van der Waals surface area contributed by atoms with Gasteiger partial charge in [-0.15, -0.1) is 12.4 Å². The SMILES string of the molecule is Cl.NC1CC1c1ccc(-c2cc(O)ccc2F)nc1. The second-order valence-electron chi connectivity index (χ2n) is 4.65. The zero-order valence-corrected chi connectivity index (χ0v) is 10.9. The number of hydrogen-bond donors (Lipinski definition) is 2. The summed E-state index contributed by atoms with van der Waals surface area (Å²) in [4.78, 5) is 4.24. The Morgan fingerprint density at radius 2 is 2.00 bits per heavy atom. The van der Waals surface area contributed by atoms with Gasteiger partial charge in [-0.05, 0) is 36.2 Å². The van der Waals surface area contributed by atoms with E-state index in [2.05, 4.69) is 4.98 Å². The first-order chi connectivity index (χ1) is 8.65. The van der Waals surface area contributed by atoms with Crippen LogP contribution in [0.5, 0.6) is 5.75 Å². The molecule has 1 aromatic heterocycles. The van der Waals surface area contributed by atoms with E-state index in [1.165, 1.54) is 18.2 Å². The predicted molar refractivity (Wildman–Crippen MR) is 73.9 cm³/mol. The minimum atomic E-state index is -0.392. The topological polar surface area (TPSA) is 59.1 Å². The van der Waals surface area contributed by atoms with Crippen molar-refractivity contribution in [2.75, 3.05) is 0 Å². The first-order valence-electron chi connectivity index (χ1n) is 5.85. The van der Waals surface area contributed by atoms with Crippen LogP contribution in [0.15, 0.2) is 36.5 Å². The van der Waals surface area contributed by atoms with E-state index in [4.69, 9.17) is 5.73 Å². The Morgan fingerprint density at radius 1 is 1.26 bits per heavy atom. The number of nitrogens with zero attached hydrogens (tertiary/aromatic N) is 1. The van der Waals surface area contributed by atoms with E-state index in [0.29, 0.717) is 17.2 Å². The molecule has 1 aliphatic rings. The minimum Gasteiger partial charge on any atom is -0.508 e. The molecule has 5 heteroatoms. The van der Waals surface area contributed by atoms with Crippen LogP contribution in [-0.4, -0.2) is 16.1 Å². The number of rotatable bonds is 2. The lowest BCUT2D eigenvalue weighted by Gasteiger charge is -2.05. The summed E-state index contributed by atoms with van der Waals surface area (Å²) in [6.45, 7) is 0. The molecule has 19 heavy (non-hydrogen) atoms. The molecule has 3 rings (SSSR count). The van der Waals surface area contributed by atoms with Crippen molar-refractivity contribution >= 4 is 12.4 Å². The molecule has 0 amide bonds. The molecule has 3 N–H and O–H groups in total. The smallest absolute Gasteiger partial charge is 0.132 e. The molecule has 1 aliphatic carbocycles. The second kappa shape index (κ2) is 5.15. The molecule has 0 radical (unpaired) electrons. The summed E-state index contributed by atoms with van der Waals surface area (Å²) in [5.41, 5.74) is 7.68. The molecule has 100 valence electrons. The van der Waals surface area contributed by atoms with Gasteiger partial charge in [-0.25, -0.2) is 4.39 Å². The Morgan fingerprint density at radius 3 is 2.58 bits per heavy atom. The number of pyridine rings is 1. The third kappa shape index (κ3) is 2.69. The molecule has 1 saturated carbocycles. The number of nitrogens with two attached hydrogens (primary N) is 1. The average Bonchev–Trinajstić information content (AvgIpc) is 3.10. The Hall–Kier alpha value is -1.65. The van der Waals surface area contributed by atoms with Gasteiger partial charge in [0.1, 0.15) is 11.6 Å². The first-order valence-corrected chi connectivity index (χ1v) is 5.85. The Balaban J connectivity index is 0.00000133. The van der Waals surface area contributed by atoms with Gasteiger partial charge >= 0.3 is 0 Å². The van der Waals surface area contributed by atoms with Crippen molar-refractivity contribution < 1.29 is 9.50 Å². The highest BCUT2D eigenvalue weighted by Gasteiger charge is 2.34. The number of hydrogen-bond acceptors (Lipinski definition) is 3. The molecule has 1 fully saturated rings. The Labute approximate surface area is 116 Å². The maximum Gasteiger partial charge on any atom is 0.132 e. The van der Waals surface area contributed by atoms with Crippen LogP contribution in [0.4, 0.5) is 4.39 Å². The van der Waals surface area contributed by atoms with E-state index in [-0.39, 0.29) is 24.2 Å². The van der Waals surface area contributed by atoms with Crippen molar-refractivity contribution in [1.82, 2.24) is 4.98 Å². The van der Waals surface area contributed by atoms with Gasteiger partial charge in [0.25, 0.3) is 0 Å². The summed E-state index contributed by atoms with van der Waals surface area (Å²) in [6, 6.07) is 7.84. The van der Waals surface area contributed by atoms with Crippen molar-refractivity contribution in [2.45, 2.75) is 18.4 Å². The number of benzene rings is 1. The van der Waals surface area contributed by atoms with E-state index < -0.39 is 5.82 Å². The van der Waals surface area contributed by atoms with Gasteiger partial charge in [-0.1, -0.05) is 6.07 Å². The van der Waals surface area contributed by atoms with Gasteiger partial charge < -0.3 is 10.8 Å². The van der Waals surface area contributed by atoms with E-state index in [1.807, 2.05) is 6.07 Å². The fraction of sp³-hybridized carbons (Fsp3) is 0.214. The summed E-state index contributed by atoms with van der Waals surface area (Å²) in [5.74, 6) is 0.0261. The summed E-state index contributed by atoms with van der Waals surface area (Å²) < 4.78 is 13.6. The first kappa shape index (κ1) is 13.8. The fourth-order valence-corrected chi connectivity index (χ4v) is 2.09. The molecule has 1 heterocycles. The van der Waals surface area contributed by atoms with Gasteiger partial charge in [0, 0.05) is 23.7 Å². The number of aromatic nitrogens is 1. The van der Waals surface area contributed by atoms with Crippen molar-refractivity contribution in [1.29, 1.82) is 0 Å². The van der Waals surface area contributed by atoms with Gasteiger partial charge in [0.15, 0.2) is 0 Å². The molecule has 0 spiro atoms. The van der Waals surface area contributed by atoms with Crippen molar-refractivity contribution in [3.05, 3.63) is 47.9 Å². The fourth-order valence-electron chi connectivity index (χ4n) is 2.09. The maximum absolute atomic E-state index is 13.6. The van der Waals surface area contributed by atoms with Crippen LogP contribution in [0.25, 0.3) is 11.3 Å². The lowest BCUT2D eigenvalue weighted by molar-refractivity contribution is 0.473. The summed E-state index contributed by atoms with van der Waals surface area (Å²) in [6.07, 6.45) is 2.72. The third-order valence-electron chi connectivity index (χ3n) is 3.28. The van der Waals surface area contributed by atoms with Crippen LogP contribution in [0.2, 0.25) is 0 Å². The highest BCUT2D eigenvalue weighted by molar-refractivity contribution is 5.85. The van der Waals surface area contributed by atoms with Crippen molar-refractivity contribution in [3.8, 4) is 17.0 Å². The predicted octanol–water partition coefficient (Wildman–Crippen LogP) is 2.83. The normalized spacial score (nSPS) is 20.7. The molecule has 0 aliphatic heterocycles. The standard InChI is InChI=1S/C14H13FN2O.ClH/c15-12-3-2-9(18)5-11(12)14-4-1-8(7-17-14)10-6-13(10)16;/h1-5,7,10,13,18H,6,16H2;1H. The van der Waals surface area contributed by atoms with Crippen molar-refractivity contribution in [3.63, 3.8) is 0 Å². The van der Waals surface area contributed by atoms with Gasteiger partial charge in [0.05, 0.1) is 5.69 Å². The number of halogens is 2. The largest absolute Gasteiger partial charge is 0.508 e. The molecule has 2 atom stereocenters. The van der Waals surface area contributed by atoms with Gasteiger partial charge in [0.2, 0.25) is 0 Å². The number of phenolic OH excluding ortho intramolecular Hbond substituents is 1. The summed E-state index contributed by atoms with van der Waals surface area (Å²) in [7, 11) is 0. The average molecular weight is 281 g/mol. The van der Waals surface area contributed by atoms with Gasteiger partial charge in [-0.3, -0.25) is 4.98 Å². The van der Waals surface area contributed by atoms with Crippen LogP contribution in [0.3, 0.4) is 0 Å². The highest BCUT2D eigenvalue weighted by Crippen LogP contribution is 2.39. The van der Waals surface area contributed by atoms with E-state index >= 15 is 0 Å². The quantitative estimate of drug-likeness (QED) is 0.889. The summed E-state index contributed by atoms with van der Waals surface area (Å²) >= 11 is 0. The minimum absolute atomic E-state index is 0. The lowest BCUT2D eigenvalue weighted by atomic mass is 10.1. The maximum atomic E-state index is 13.6. The highest BCUT2D eigenvalue weighted by atomic mass is 35.5. The van der Waals surface area contributed by atoms with Crippen LogP contribution in [-0.2, 0) is 0 Å². The molecule has 2 unspecified atom stereocenters. The zero-order chi connectivity index (χ0) is 12.7. The molecular formula is C14H14ClFN2O. The molecule has 0 bridgehead atoms. The molecule has 2 aromatic rings. The zero-order valence-electron chi connectivity index (χ0n) is 10.1. The van der Waals surface area contributed by atoms with Crippen LogP contribution in [0, 0.1) is 5.82 Å². The van der Waals surface area contributed by atoms with E-state index in [1.54, 1.807) is 12.3 Å². The number of aromatic hydroxyl groups is 1. The number of phenols is 1. The third-order valence-corrected chi connectivity index (χ3v) is 3.28. The lowest BCUT2D eigenvalue weighted by Crippen LogP contribution is -2.01. The van der Waals surface area contributed by atoms with E-state index in [9.17, 15) is 9.50 Å².